The lowest BCUT2D eigenvalue weighted by Gasteiger charge is -2.35. The van der Waals surface area contributed by atoms with E-state index in [1.807, 2.05) is 11.9 Å². The van der Waals surface area contributed by atoms with Crippen LogP contribution in [0.5, 0.6) is 0 Å². The van der Waals surface area contributed by atoms with Gasteiger partial charge in [-0.25, -0.2) is 0 Å². The Hall–Kier alpha value is -0.570. The molecule has 0 aromatic rings. The van der Waals surface area contributed by atoms with Crippen LogP contribution in [0.15, 0.2) is 0 Å². The zero-order valence-electron chi connectivity index (χ0n) is 14.8. The molecule has 0 bridgehead atoms. The largest absolute Gasteiger partial charge is 0.343 e. The molecule has 1 aliphatic rings. The minimum atomic E-state index is 0. The summed E-state index contributed by atoms with van der Waals surface area (Å²) in [4.78, 5) is 16.1. The molecule has 0 aromatic carbocycles. The molecule has 1 heterocycles. The average molecular weight is 301 g/mol. The third-order valence-electron chi connectivity index (χ3n) is 4.03. The van der Waals surface area contributed by atoms with Gasteiger partial charge in [0.1, 0.15) is 0 Å². The Morgan fingerprint density at radius 2 is 1.57 bits per heavy atom. The van der Waals surface area contributed by atoms with Crippen molar-refractivity contribution in [2.24, 2.45) is 11.8 Å². The molecule has 128 valence electrons. The summed E-state index contributed by atoms with van der Waals surface area (Å²) in [7, 11) is 4.10. The molecule has 1 fully saturated rings. The van der Waals surface area contributed by atoms with E-state index in [9.17, 15) is 4.79 Å². The molecule has 0 N–H and O–H groups in total. The van der Waals surface area contributed by atoms with Gasteiger partial charge in [0, 0.05) is 19.5 Å². The predicted octanol–water partition coefficient (Wildman–Crippen LogP) is 4.27. The van der Waals surface area contributed by atoms with Gasteiger partial charge in [-0.05, 0) is 44.8 Å². The number of rotatable bonds is 4. The topological polar surface area (TPSA) is 23.6 Å². The number of hydrogen-bond donors (Lipinski definition) is 0. The molecule has 0 unspecified atom stereocenters. The number of nitrogens with zero attached hydrogens (tertiary/aromatic N) is 2. The molecule has 1 saturated heterocycles. The van der Waals surface area contributed by atoms with Gasteiger partial charge >= 0.3 is 0 Å². The number of hydrogen-bond acceptors (Lipinski definition) is 2. The summed E-state index contributed by atoms with van der Waals surface area (Å²) in [5, 5.41) is 0. The van der Waals surface area contributed by atoms with E-state index in [1.165, 1.54) is 6.42 Å². The summed E-state index contributed by atoms with van der Waals surface area (Å²) >= 11 is 0. The molecule has 21 heavy (non-hydrogen) atoms. The van der Waals surface area contributed by atoms with Crippen LogP contribution in [0.1, 0.15) is 67.7 Å². The number of likely N-dealkylation sites (tertiary alicyclic amines) is 1. The Bertz CT molecular complexity index is 256. The molecule has 0 spiro atoms. The molecule has 0 saturated carbocycles. The third-order valence-corrected chi connectivity index (χ3v) is 4.03. The maximum atomic E-state index is 11.8. The van der Waals surface area contributed by atoms with E-state index in [0.29, 0.717) is 24.3 Å². The fourth-order valence-electron chi connectivity index (χ4n) is 2.08. The number of amides is 1. The Kier molecular flexibility index (Phi) is 13.0. The minimum absolute atomic E-state index is 0. The van der Waals surface area contributed by atoms with Crippen molar-refractivity contribution in [1.29, 1.82) is 0 Å². The van der Waals surface area contributed by atoms with Crippen molar-refractivity contribution in [3.63, 3.8) is 0 Å². The highest BCUT2D eigenvalue weighted by atomic mass is 16.2. The maximum Gasteiger partial charge on any atom is 0.222 e. The molecule has 3 nitrogen and oxygen atoms in total. The molecule has 0 radical (unpaired) electrons. The normalized spacial score (nSPS) is 16.2. The SMILES string of the molecule is C.CC(C)CC(=O)N(C)C1CCN(C)CC1.CCC(C)C. The van der Waals surface area contributed by atoms with E-state index in [4.69, 9.17) is 0 Å². The Morgan fingerprint density at radius 1 is 1.14 bits per heavy atom. The van der Waals surface area contributed by atoms with E-state index in [2.05, 4.69) is 46.6 Å². The third kappa shape index (κ3) is 10.8. The monoisotopic (exact) mass is 300 g/mol. The van der Waals surface area contributed by atoms with Crippen molar-refractivity contribution in [2.45, 2.75) is 73.8 Å². The summed E-state index contributed by atoms with van der Waals surface area (Å²) in [5.41, 5.74) is 0. The van der Waals surface area contributed by atoms with Crippen molar-refractivity contribution < 1.29 is 4.79 Å². The van der Waals surface area contributed by atoms with Crippen LogP contribution < -0.4 is 0 Å². The van der Waals surface area contributed by atoms with Gasteiger partial charge in [0.2, 0.25) is 5.91 Å². The summed E-state index contributed by atoms with van der Waals surface area (Å²) in [6.45, 7) is 13.1. The van der Waals surface area contributed by atoms with Crippen LogP contribution in [0, 0.1) is 11.8 Å². The summed E-state index contributed by atoms with van der Waals surface area (Å²) in [6.07, 6.45) is 4.23. The second-order valence-electron chi connectivity index (χ2n) is 6.94. The molecular formula is C18H40N2O. The Labute approximate surface area is 134 Å². The lowest BCUT2D eigenvalue weighted by molar-refractivity contribution is -0.133. The van der Waals surface area contributed by atoms with Gasteiger partial charge in [-0.1, -0.05) is 48.5 Å². The first-order valence-electron chi connectivity index (χ1n) is 8.22. The molecule has 1 aliphatic heterocycles. The molecule has 0 aromatic heterocycles. The van der Waals surface area contributed by atoms with Gasteiger partial charge < -0.3 is 9.80 Å². The Morgan fingerprint density at radius 3 is 1.90 bits per heavy atom. The number of carbonyl (C=O) groups excluding carboxylic acids is 1. The minimum Gasteiger partial charge on any atom is -0.343 e. The smallest absolute Gasteiger partial charge is 0.222 e. The molecule has 0 aliphatic carbocycles. The van der Waals surface area contributed by atoms with E-state index in [1.54, 1.807) is 0 Å². The zero-order chi connectivity index (χ0) is 15.7. The van der Waals surface area contributed by atoms with E-state index in [-0.39, 0.29) is 7.43 Å². The van der Waals surface area contributed by atoms with Crippen LogP contribution in [0.4, 0.5) is 0 Å². The highest BCUT2D eigenvalue weighted by Gasteiger charge is 2.23. The lowest BCUT2D eigenvalue weighted by Crippen LogP contribution is -2.44. The summed E-state index contributed by atoms with van der Waals surface area (Å²) < 4.78 is 0. The van der Waals surface area contributed by atoms with Crippen LogP contribution in [-0.2, 0) is 4.79 Å². The highest BCUT2D eigenvalue weighted by molar-refractivity contribution is 5.76. The molecule has 0 atom stereocenters. The fourth-order valence-corrected chi connectivity index (χ4v) is 2.08. The maximum absolute atomic E-state index is 11.8. The van der Waals surface area contributed by atoms with Gasteiger partial charge in [0.25, 0.3) is 0 Å². The van der Waals surface area contributed by atoms with Crippen LogP contribution in [0.2, 0.25) is 0 Å². The number of piperidine rings is 1. The molecule has 1 amide bonds. The summed E-state index contributed by atoms with van der Waals surface area (Å²) in [6, 6.07) is 0.465. The second kappa shape index (κ2) is 12.0. The van der Waals surface area contributed by atoms with Gasteiger partial charge in [0.05, 0.1) is 0 Å². The second-order valence-corrected chi connectivity index (χ2v) is 6.94. The van der Waals surface area contributed by atoms with Gasteiger partial charge in [-0.3, -0.25) is 4.79 Å². The molecule has 3 heteroatoms. The van der Waals surface area contributed by atoms with E-state index >= 15 is 0 Å². The Balaban J connectivity index is 0. The zero-order valence-corrected chi connectivity index (χ0v) is 14.8. The molecular weight excluding hydrogens is 260 g/mol. The van der Waals surface area contributed by atoms with Crippen LogP contribution in [0.3, 0.4) is 0 Å². The summed E-state index contributed by atoms with van der Waals surface area (Å²) in [5.74, 6) is 1.65. The van der Waals surface area contributed by atoms with E-state index in [0.717, 1.165) is 31.8 Å². The van der Waals surface area contributed by atoms with Crippen LogP contribution in [-0.4, -0.2) is 48.9 Å². The fraction of sp³-hybridized carbons (Fsp3) is 0.944. The van der Waals surface area contributed by atoms with Gasteiger partial charge in [-0.2, -0.15) is 0 Å². The van der Waals surface area contributed by atoms with Crippen molar-refractivity contribution in [2.75, 3.05) is 27.2 Å². The molecule has 1 rings (SSSR count). The first-order chi connectivity index (χ1) is 9.27. The van der Waals surface area contributed by atoms with Gasteiger partial charge in [0.15, 0.2) is 0 Å². The number of carbonyl (C=O) groups is 1. The van der Waals surface area contributed by atoms with Crippen molar-refractivity contribution in [1.82, 2.24) is 9.80 Å². The van der Waals surface area contributed by atoms with Crippen molar-refractivity contribution in [3.8, 4) is 0 Å². The van der Waals surface area contributed by atoms with Gasteiger partial charge in [-0.15, -0.1) is 0 Å². The highest BCUT2D eigenvalue weighted by Crippen LogP contribution is 2.16. The van der Waals surface area contributed by atoms with E-state index < -0.39 is 0 Å². The van der Waals surface area contributed by atoms with Crippen molar-refractivity contribution >= 4 is 5.91 Å². The standard InChI is InChI=1S/C12H24N2O.C5H12.CH4/c1-10(2)9-12(15)14(4)11-5-7-13(3)8-6-11;1-4-5(2)3;/h10-11H,5-9H2,1-4H3;5H,4H2,1-3H3;1H4. The predicted molar refractivity (Wildman–Crippen MR) is 94.6 cm³/mol. The first-order valence-corrected chi connectivity index (χ1v) is 8.22. The quantitative estimate of drug-likeness (QED) is 0.774. The van der Waals surface area contributed by atoms with Crippen LogP contribution in [0.25, 0.3) is 0 Å². The first kappa shape index (κ1) is 22.7. The van der Waals surface area contributed by atoms with Crippen molar-refractivity contribution in [3.05, 3.63) is 0 Å². The lowest BCUT2D eigenvalue weighted by atomic mass is 10.0. The average Bonchev–Trinajstić information content (AvgIpc) is 2.38. The van der Waals surface area contributed by atoms with Crippen LogP contribution >= 0.6 is 0 Å².